The largest absolute Gasteiger partial charge is 0.248 e. The highest BCUT2D eigenvalue weighted by molar-refractivity contribution is 6.04. The van der Waals surface area contributed by atoms with E-state index in [9.17, 15) is 0 Å². The molecule has 4 aromatic carbocycles. The van der Waals surface area contributed by atoms with Crippen molar-refractivity contribution in [3.63, 3.8) is 0 Å². The van der Waals surface area contributed by atoms with Crippen LogP contribution in [0.15, 0.2) is 140 Å². The predicted octanol–water partition coefficient (Wildman–Crippen LogP) is 7.49. The van der Waals surface area contributed by atoms with Gasteiger partial charge in [-0.15, -0.1) is 0 Å². The van der Waals surface area contributed by atoms with Crippen LogP contribution in [0, 0.1) is 11.8 Å². The van der Waals surface area contributed by atoms with Crippen molar-refractivity contribution < 1.29 is 0 Å². The molecule has 1 aromatic heterocycles. The van der Waals surface area contributed by atoms with Crippen LogP contribution in [0.1, 0.15) is 33.5 Å². The van der Waals surface area contributed by atoms with Gasteiger partial charge in [0.15, 0.2) is 0 Å². The summed E-state index contributed by atoms with van der Waals surface area (Å²) in [7, 11) is 0. The zero-order chi connectivity index (χ0) is 23.0. The van der Waals surface area contributed by atoms with Crippen LogP contribution in [0.25, 0.3) is 11.1 Å². The highest BCUT2D eigenvalue weighted by Crippen LogP contribution is 2.36. The summed E-state index contributed by atoms with van der Waals surface area (Å²) >= 11 is 0. The zero-order valence-corrected chi connectivity index (χ0v) is 18.7. The summed E-state index contributed by atoms with van der Waals surface area (Å²) in [5.41, 5.74) is 8.84. The third-order valence-corrected chi connectivity index (χ3v) is 5.61. The summed E-state index contributed by atoms with van der Waals surface area (Å²) in [5, 5.41) is 0. The minimum absolute atomic E-state index is 0.770. The molecule has 0 bridgehead atoms. The molecular formula is C33H23N. The van der Waals surface area contributed by atoms with Crippen molar-refractivity contribution in [1.29, 1.82) is 0 Å². The Morgan fingerprint density at radius 3 is 1.29 bits per heavy atom. The smallest absolute Gasteiger partial charge is 0.113 e. The second-order valence-corrected chi connectivity index (χ2v) is 7.89. The third-order valence-electron chi connectivity index (χ3n) is 5.61. The van der Waals surface area contributed by atoms with Gasteiger partial charge in [-0.05, 0) is 63.6 Å². The molecule has 0 spiro atoms. The summed E-state index contributed by atoms with van der Waals surface area (Å²) in [5.74, 6) is 6.37. The van der Waals surface area contributed by atoms with E-state index >= 15 is 0 Å². The number of pyridine rings is 1. The minimum atomic E-state index is 0.770. The van der Waals surface area contributed by atoms with Crippen LogP contribution >= 0.6 is 0 Å². The molecule has 0 N–H and O–H groups in total. The fraction of sp³-hybridized carbons (Fsp3) is 0. The van der Waals surface area contributed by atoms with Crippen LogP contribution in [0.3, 0.4) is 0 Å². The van der Waals surface area contributed by atoms with E-state index < -0.39 is 0 Å². The lowest BCUT2D eigenvalue weighted by Crippen LogP contribution is -1.97. The Hall–Kier alpha value is -4.67. The lowest BCUT2D eigenvalue weighted by Gasteiger charge is -2.18. The van der Waals surface area contributed by atoms with Crippen LogP contribution in [-0.4, -0.2) is 4.98 Å². The molecule has 0 fully saturated rings. The molecule has 160 valence electrons. The molecule has 1 heterocycles. The Balaban J connectivity index is 1.67. The highest BCUT2D eigenvalue weighted by Gasteiger charge is 2.15. The Morgan fingerprint density at radius 2 is 0.853 bits per heavy atom. The predicted molar refractivity (Wildman–Crippen MR) is 141 cm³/mol. The van der Waals surface area contributed by atoms with Gasteiger partial charge in [-0.3, -0.25) is 0 Å². The van der Waals surface area contributed by atoms with E-state index in [0.717, 1.165) is 16.8 Å². The van der Waals surface area contributed by atoms with Gasteiger partial charge in [0, 0.05) is 11.8 Å². The highest BCUT2D eigenvalue weighted by atomic mass is 14.6. The van der Waals surface area contributed by atoms with Gasteiger partial charge in [0.25, 0.3) is 0 Å². The van der Waals surface area contributed by atoms with Crippen molar-refractivity contribution in [2.45, 2.75) is 0 Å². The maximum Gasteiger partial charge on any atom is 0.113 e. The van der Waals surface area contributed by atoms with Crippen molar-refractivity contribution in [1.82, 2.24) is 4.98 Å². The fourth-order valence-electron chi connectivity index (χ4n) is 4.02. The maximum absolute atomic E-state index is 4.29. The number of aromatic nitrogens is 1. The SMILES string of the molecule is C(#Cc1ccccn1)c1ccc(C(=C(c2ccccc2)c2ccccc2)c2ccccc2)cc1. The first-order chi connectivity index (χ1) is 16.9. The molecule has 0 aliphatic heterocycles. The first-order valence-corrected chi connectivity index (χ1v) is 11.3. The van der Waals surface area contributed by atoms with Gasteiger partial charge in [-0.1, -0.05) is 115 Å². The molecule has 0 atom stereocenters. The molecule has 1 nitrogen and oxygen atoms in total. The maximum atomic E-state index is 4.29. The number of benzene rings is 4. The molecule has 0 unspecified atom stereocenters. The lowest BCUT2D eigenvalue weighted by molar-refractivity contribution is 1.29. The van der Waals surface area contributed by atoms with Crippen molar-refractivity contribution in [3.8, 4) is 11.8 Å². The molecule has 34 heavy (non-hydrogen) atoms. The van der Waals surface area contributed by atoms with Crippen molar-refractivity contribution in [2.75, 3.05) is 0 Å². The average Bonchev–Trinajstić information content (AvgIpc) is 2.93. The van der Waals surface area contributed by atoms with Crippen LogP contribution in [0.5, 0.6) is 0 Å². The van der Waals surface area contributed by atoms with E-state index in [1.165, 1.54) is 27.8 Å². The number of nitrogens with zero attached hydrogens (tertiary/aromatic N) is 1. The minimum Gasteiger partial charge on any atom is -0.248 e. The van der Waals surface area contributed by atoms with E-state index in [-0.39, 0.29) is 0 Å². The molecule has 0 radical (unpaired) electrons. The summed E-state index contributed by atoms with van der Waals surface area (Å²) < 4.78 is 0. The van der Waals surface area contributed by atoms with Gasteiger partial charge >= 0.3 is 0 Å². The van der Waals surface area contributed by atoms with E-state index in [1.807, 2.05) is 18.2 Å². The number of hydrogen-bond donors (Lipinski definition) is 0. The second-order valence-electron chi connectivity index (χ2n) is 7.89. The monoisotopic (exact) mass is 433 g/mol. The molecule has 1 heteroatoms. The van der Waals surface area contributed by atoms with Gasteiger partial charge in [-0.2, -0.15) is 0 Å². The summed E-state index contributed by atoms with van der Waals surface area (Å²) in [4.78, 5) is 4.29. The Morgan fingerprint density at radius 1 is 0.412 bits per heavy atom. The van der Waals surface area contributed by atoms with Gasteiger partial charge in [0.05, 0.1) is 0 Å². The fourth-order valence-corrected chi connectivity index (χ4v) is 4.02. The van der Waals surface area contributed by atoms with Gasteiger partial charge in [0.1, 0.15) is 5.69 Å². The van der Waals surface area contributed by atoms with E-state index in [0.29, 0.717) is 0 Å². The van der Waals surface area contributed by atoms with E-state index in [1.54, 1.807) is 6.20 Å². The molecule has 5 rings (SSSR count). The Kier molecular flexibility index (Phi) is 6.42. The molecule has 0 amide bonds. The molecule has 0 aliphatic carbocycles. The number of hydrogen-bond acceptors (Lipinski definition) is 1. The lowest BCUT2D eigenvalue weighted by atomic mass is 9.85. The van der Waals surface area contributed by atoms with E-state index in [4.69, 9.17) is 0 Å². The quantitative estimate of drug-likeness (QED) is 0.211. The van der Waals surface area contributed by atoms with Crippen LogP contribution < -0.4 is 0 Å². The van der Waals surface area contributed by atoms with Crippen molar-refractivity contribution >= 4 is 11.1 Å². The van der Waals surface area contributed by atoms with Crippen LogP contribution in [0.2, 0.25) is 0 Å². The first-order valence-electron chi connectivity index (χ1n) is 11.3. The van der Waals surface area contributed by atoms with Gasteiger partial charge in [0.2, 0.25) is 0 Å². The molecule has 0 aliphatic rings. The molecule has 0 saturated carbocycles. The third kappa shape index (κ3) is 4.88. The molecular weight excluding hydrogens is 410 g/mol. The second kappa shape index (κ2) is 10.3. The summed E-state index contributed by atoms with van der Waals surface area (Å²) in [6.45, 7) is 0. The molecule has 5 aromatic rings. The number of rotatable bonds is 4. The average molecular weight is 434 g/mol. The van der Waals surface area contributed by atoms with Crippen molar-refractivity contribution in [2.24, 2.45) is 0 Å². The van der Waals surface area contributed by atoms with Gasteiger partial charge < -0.3 is 0 Å². The van der Waals surface area contributed by atoms with Crippen LogP contribution in [0.4, 0.5) is 0 Å². The van der Waals surface area contributed by atoms with Crippen LogP contribution in [-0.2, 0) is 0 Å². The topological polar surface area (TPSA) is 12.9 Å². The normalized spacial score (nSPS) is 10.1. The molecule has 0 saturated heterocycles. The standard InChI is InChI=1S/C33H23N/c1-4-12-27(13-5-1)32(28-14-6-2-7-15-28)33(29-16-8-3-9-17-29)30-22-19-26(20-23-30)21-24-31-18-10-11-25-34-31/h1-20,22-23,25H. The zero-order valence-electron chi connectivity index (χ0n) is 18.7. The Bertz CT molecular complexity index is 1400. The van der Waals surface area contributed by atoms with Gasteiger partial charge in [-0.25, -0.2) is 4.98 Å². The Labute approximate surface area is 201 Å². The van der Waals surface area contributed by atoms with Crippen molar-refractivity contribution in [3.05, 3.63) is 173 Å². The summed E-state index contributed by atoms with van der Waals surface area (Å²) in [6, 6.07) is 46.1. The van der Waals surface area contributed by atoms with E-state index in [2.05, 4.69) is 132 Å². The first kappa shape index (κ1) is 21.2. The summed E-state index contributed by atoms with van der Waals surface area (Å²) in [6.07, 6.45) is 1.76.